The molecule has 76 valence electrons. The van der Waals surface area contributed by atoms with E-state index < -0.39 is 0 Å². The average Bonchev–Trinajstić information content (AvgIpc) is 2.61. The molecule has 2 N–H and O–H groups in total. The highest BCUT2D eigenvalue weighted by Crippen LogP contribution is 2.27. The summed E-state index contributed by atoms with van der Waals surface area (Å²) in [4.78, 5) is 8.29. The van der Waals surface area contributed by atoms with Crippen LogP contribution >= 0.6 is 11.6 Å². The number of anilines is 1. The first-order valence-electron chi connectivity index (χ1n) is 4.71. The van der Waals surface area contributed by atoms with E-state index in [4.69, 9.17) is 16.7 Å². The van der Waals surface area contributed by atoms with Crippen molar-refractivity contribution in [3.8, 4) is 0 Å². The molecule has 0 spiro atoms. The van der Waals surface area contributed by atoms with Crippen molar-refractivity contribution in [2.75, 3.05) is 18.5 Å². The zero-order valence-electron chi connectivity index (χ0n) is 7.76. The molecule has 1 aromatic heterocycles. The summed E-state index contributed by atoms with van der Waals surface area (Å²) in [7, 11) is 0. The highest BCUT2D eigenvalue weighted by atomic mass is 35.5. The Morgan fingerprint density at radius 1 is 1.36 bits per heavy atom. The number of aryl methyl sites for hydroxylation is 1. The molecular weight excluding hydrogens is 202 g/mol. The van der Waals surface area contributed by atoms with Gasteiger partial charge in [-0.15, -0.1) is 0 Å². The molecule has 0 saturated heterocycles. The van der Waals surface area contributed by atoms with Gasteiger partial charge in [0, 0.05) is 12.1 Å². The molecule has 0 aliphatic heterocycles. The van der Waals surface area contributed by atoms with Crippen molar-refractivity contribution >= 4 is 17.4 Å². The maximum Gasteiger partial charge on any atom is 0.224 e. The topological polar surface area (TPSA) is 58.0 Å². The minimum atomic E-state index is 0.0936. The molecule has 14 heavy (non-hydrogen) atoms. The molecule has 5 heteroatoms. The first-order valence-corrected chi connectivity index (χ1v) is 5.09. The smallest absolute Gasteiger partial charge is 0.224 e. The molecule has 4 nitrogen and oxygen atoms in total. The van der Waals surface area contributed by atoms with E-state index in [-0.39, 0.29) is 11.9 Å². The minimum Gasteiger partial charge on any atom is -0.395 e. The lowest BCUT2D eigenvalue weighted by molar-refractivity contribution is 0.311. The van der Waals surface area contributed by atoms with Gasteiger partial charge in [0.1, 0.15) is 5.82 Å². The van der Waals surface area contributed by atoms with Gasteiger partial charge in [0.25, 0.3) is 0 Å². The summed E-state index contributed by atoms with van der Waals surface area (Å²) in [6.45, 7) is 0.593. The fourth-order valence-electron chi connectivity index (χ4n) is 1.72. The lowest BCUT2D eigenvalue weighted by atomic mass is 10.2. The van der Waals surface area contributed by atoms with Crippen LogP contribution in [0.4, 0.5) is 5.82 Å². The van der Waals surface area contributed by atoms with E-state index in [0.717, 1.165) is 36.3 Å². The summed E-state index contributed by atoms with van der Waals surface area (Å²) in [6, 6.07) is 0. The predicted molar refractivity (Wildman–Crippen MR) is 54.6 cm³/mol. The van der Waals surface area contributed by atoms with Crippen LogP contribution in [0.25, 0.3) is 0 Å². The fourth-order valence-corrected chi connectivity index (χ4v) is 1.91. The van der Waals surface area contributed by atoms with E-state index in [2.05, 4.69) is 15.3 Å². The van der Waals surface area contributed by atoms with Gasteiger partial charge in [-0.3, -0.25) is 0 Å². The van der Waals surface area contributed by atoms with E-state index >= 15 is 0 Å². The number of nitrogens with zero attached hydrogens (tertiary/aromatic N) is 2. The Bertz CT molecular complexity index is 343. The Morgan fingerprint density at radius 2 is 2.21 bits per heavy atom. The molecule has 2 rings (SSSR count). The maximum absolute atomic E-state index is 8.71. The highest BCUT2D eigenvalue weighted by Gasteiger charge is 2.18. The van der Waals surface area contributed by atoms with Crippen LogP contribution in [0.3, 0.4) is 0 Å². The van der Waals surface area contributed by atoms with Crippen molar-refractivity contribution in [1.29, 1.82) is 0 Å². The summed E-state index contributed by atoms with van der Waals surface area (Å²) in [6.07, 6.45) is 3.09. The number of hydrogen-bond acceptors (Lipinski definition) is 4. The predicted octanol–water partition coefficient (Wildman–Crippen LogP) is 1.02. The summed E-state index contributed by atoms with van der Waals surface area (Å²) in [5, 5.41) is 12.0. The molecule has 0 unspecified atom stereocenters. The average molecular weight is 214 g/mol. The van der Waals surface area contributed by atoms with Crippen molar-refractivity contribution in [2.45, 2.75) is 19.3 Å². The molecule has 0 amide bonds. The third kappa shape index (κ3) is 1.81. The summed E-state index contributed by atoms with van der Waals surface area (Å²) in [5.74, 6) is 0.784. The molecule has 0 fully saturated rings. The fraction of sp³-hybridized carbons (Fsp3) is 0.556. The first-order chi connectivity index (χ1) is 6.81. The van der Waals surface area contributed by atoms with Crippen LogP contribution in [0.1, 0.15) is 17.7 Å². The molecule has 1 aromatic rings. The molecule has 0 atom stereocenters. The molecule has 0 saturated carbocycles. The number of hydrogen-bond donors (Lipinski definition) is 2. The first kappa shape index (κ1) is 9.68. The zero-order valence-corrected chi connectivity index (χ0v) is 8.51. The van der Waals surface area contributed by atoms with Gasteiger partial charge in [-0.1, -0.05) is 0 Å². The summed E-state index contributed by atoms with van der Waals surface area (Å²) < 4.78 is 0. The number of rotatable bonds is 3. The van der Waals surface area contributed by atoms with Crippen LogP contribution in [0.15, 0.2) is 0 Å². The number of halogens is 1. The minimum absolute atomic E-state index is 0.0936. The van der Waals surface area contributed by atoms with Crippen molar-refractivity contribution in [3.05, 3.63) is 16.5 Å². The van der Waals surface area contributed by atoms with Crippen molar-refractivity contribution < 1.29 is 5.11 Å². The van der Waals surface area contributed by atoms with Crippen LogP contribution in [0, 0.1) is 0 Å². The Morgan fingerprint density at radius 3 is 3.00 bits per heavy atom. The van der Waals surface area contributed by atoms with Gasteiger partial charge in [0.05, 0.1) is 12.3 Å². The SMILES string of the molecule is OCCNc1nc(Cl)nc2c1CCC2. The molecular formula is C9H12ClN3O. The van der Waals surface area contributed by atoms with Gasteiger partial charge in [0.15, 0.2) is 0 Å². The Balaban J connectivity index is 2.29. The number of nitrogens with one attached hydrogen (secondary N) is 1. The number of aliphatic hydroxyl groups is 1. The third-order valence-corrected chi connectivity index (χ3v) is 2.48. The van der Waals surface area contributed by atoms with Crippen molar-refractivity contribution in [2.24, 2.45) is 0 Å². The summed E-state index contributed by atoms with van der Waals surface area (Å²) >= 11 is 5.78. The van der Waals surface area contributed by atoms with E-state index in [0.29, 0.717) is 6.54 Å². The monoisotopic (exact) mass is 213 g/mol. The summed E-state index contributed by atoms with van der Waals surface area (Å²) in [5.41, 5.74) is 2.20. The van der Waals surface area contributed by atoms with E-state index in [9.17, 15) is 0 Å². The van der Waals surface area contributed by atoms with Crippen molar-refractivity contribution in [1.82, 2.24) is 9.97 Å². The second kappa shape index (κ2) is 4.11. The zero-order chi connectivity index (χ0) is 9.97. The van der Waals surface area contributed by atoms with Gasteiger partial charge in [0.2, 0.25) is 5.28 Å². The lowest BCUT2D eigenvalue weighted by Crippen LogP contribution is -2.10. The van der Waals surface area contributed by atoms with Gasteiger partial charge >= 0.3 is 0 Å². The van der Waals surface area contributed by atoms with Gasteiger partial charge in [-0.05, 0) is 30.9 Å². The van der Waals surface area contributed by atoms with E-state index in [1.54, 1.807) is 0 Å². The van der Waals surface area contributed by atoms with Gasteiger partial charge in [-0.25, -0.2) is 9.97 Å². The van der Waals surface area contributed by atoms with Crippen LogP contribution < -0.4 is 5.32 Å². The second-order valence-electron chi connectivity index (χ2n) is 3.27. The molecule has 1 heterocycles. The van der Waals surface area contributed by atoms with Crippen molar-refractivity contribution in [3.63, 3.8) is 0 Å². The lowest BCUT2D eigenvalue weighted by Gasteiger charge is -2.08. The van der Waals surface area contributed by atoms with Crippen LogP contribution in [0.2, 0.25) is 5.28 Å². The van der Waals surface area contributed by atoms with Gasteiger partial charge < -0.3 is 10.4 Å². The highest BCUT2D eigenvalue weighted by molar-refractivity contribution is 6.28. The van der Waals surface area contributed by atoms with Gasteiger partial charge in [-0.2, -0.15) is 0 Å². The van der Waals surface area contributed by atoms with Crippen LogP contribution in [-0.4, -0.2) is 28.2 Å². The van der Waals surface area contributed by atoms with Crippen LogP contribution in [-0.2, 0) is 12.8 Å². The standard InChI is InChI=1S/C9H12ClN3O/c10-9-12-7-3-1-2-6(7)8(13-9)11-4-5-14/h14H,1-5H2,(H,11,12,13). The Hall–Kier alpha value is -0.870. The quantitative estimate of drug-likeness (QED) is 0.737. The largest absolute Gasteiger partial charge is 0.395 e. The molecule has 1 aliphatic rings. The van der Waals surface area contributed by atoms with E-state index in [1.807, 2.05) is 0 Å². The second-order valence-corrected chi connectivity index (χ2v) is 3.61. The normalized spacial score (nSPS) is 14.1. The maximum atomic E-state index is 8.71. The third-order valence-electron chi connectivity index (χ3n) is 2.31. The molecule has 0 aromatic carbocycles. The Kier molecular flexibility index (Phi) is 2.84. The molecule has 0 radical (unpaired) electrons. The van der Waals surface area contributed by atoms with Crippen LogP contribution in [0.5, 0.6) is 0 Å². The number of fused-ring (bicyclic) bond motifs is 1. The Labute approximate surface area is 87.3 Å². The number of aromatic nitrogens is 2. The van der Waals surface area contributed by atoms with E-state index in [1.165, 1.54) is 0 Å². The number of aliphatic hydroxyl groups excluding tert-OH is 1. The molecule has 0 bridgehead atoms. The molecule has 1 aliphatic carbocycles.